The molecule has 1 aliphatic rings. The number of carbonyl (C=O) groups is 4. The minimum Gasteiger partial charge on any atom is -0.453 e. The van der Waals surface area contributed by atoms with Gasteiger partial charge in [0.15, 0.2) is 0 Å². The molecule has 81 heavy (non-hydrogen) atoms. The van der Waals surface area contributed by atoms with Gasteiger partial charge in [-0.3, -0.25) is 24.1 Å². The number of phosphoric ester groups is 1. The first-order chi connectivity index (χ1) is 38.2. The number of alkyl carbamates (subject to hydrolysis) is 1. The van der Waals surface area contributed by atoms with E-state index < -0.39 is 83.9 Å². The molecule has 6 aromatic rings. The number of amides is 5. The van der Waals surface area contributed by atoms with Crippen molar-refractivity contribution in [2.24, 2.45) is 10.8 Å². The van der Waals surface area contributed by atoms with Crippen molar-refractivity contribution < 1.29 is 47.9 Å². The average Bonchev–Trinajstić information content (AvgIpc) is 3.91. The molecular weight excluding hydrogens is 1050 g/mol. The van der Waals surface area contributed by atoms with Gasteiger partial charge in [-0.2, -0.15) is 0 Å². The van der Waals surface area contributed by atoms with E-state index in [1.807, 2.05) is 154 Å². The molecule has 4 unspecified atom stereocenters. The van der Waals surface area contributed by atoms with Crippen LogP contribution in [0.15, 0.2) is 158 Å². The molecule has 2 aromatic heterocycles. The van der Waals surface area contributed by atoms with Gasteiger partial charge in [0.25, 0.3) is 0 Å². The Labute approximate surface area is 476 Å². The van der Waals surface area contributed by atoms with E-state index in [9.17, 15) is 29.0 Å². The van der Waals surface area contributed by atoms with Gasteiger partial charge in [-0.05, 0) is 96.9 Å². The number of hydrogen-bond donors (Lipinski definition) is 6. The second-order valence-corrected chi connectivity index (χ2v) is 24.9. The zero-order chi connectivity index (χ0) is 58.8. The summed E-state index contributed by atoms with van der Waals surface area (Å²) in [6.45, 7) is 14.7. The molecule has 4 aromatic carbocycles. The maximum Gasteiger partial charge on any atom is 0.469 e. The highest BCUT2D eigenvalue weighted by Gasteiger charge is 2.49. The lowest BCUT2D eigenvalue weighted by molar-refractivity contribution is -0.131. The summed E-state index contributed by atoms with van der Waals surface area (Å²) < 4.78 is 24.7. The van der Waals surface area contributed by atoms with Gasteiger partial charge in [0.2, 0.25) is 11.8 Å². The quantitative estimate of drug-likeness (QED) is 0.0330. The van der Waals surface area contributed by atoms with Gasteiger partial charge in [-0.1, -0.05) is 169 Å². The van der Waals surface area contributed by atoms with E-state index in [1.54, 1.807) is 63.9 Å². The highest BCUT2D eigenvalue weighted by Crippen LogP contribution is 2.44. The number of nitrogens with one attached hydrogen (secondary N) is 3. The number of rotatable bonds is 23. The van der Waals surface area contributed by atoms with E-state index in [4.69, 9.17) is 9.26 Å². The van der Waals surface area contributed by atoms with Crippen molar-refractivity contribution in [3.05, 3.63) is 191 Å². The second-order valence-electron chi connectivity index (χ2n) is 23.7. The molecule has 0 bridgehead atoms. The molecule has 0 aliphatic carbocycles. The monoisotopic (exact) mass is 1120 g/mol. The summed E-state index contributed by atoms with van der Waals surface area (Å²) in [5.74, 6) is -1.21. The summed E-state index contributed by atoms with van der Waals surface area (Å²) in [6.07, 6.45) is -0.489. The molecule has 6 N–H and O–H groups in total. The largest absolute Gasteiger partial charge is 0.469 e. The predicted molar refractivity (Wildman–Crippen MR) is 311 cm³/mol. The molecular formula is C63H78N7O10P. The zero-order valence-electron chi connectivity index (χ0n) is 47.8. The third-order valence-electron chi connectivity index (χ3n) is 14.8. The smallest absolute Gasteiger partial charge is 0.453 e. The lowest BCUT2D eigenvalue weighted by Crippen LogP contribution is -2.62. The SMILES string of the molecule is COC(=O)N[C@H](C(=O)NC(CC(OP(=O)(O)O)C(Cc1ccccc1)NC(=O)C(N1CCN(Cc2cccc(C(C)(C)O)n2)C1=O)C(C)(C)C)C(Cc1ccccc1)(Cc1ccccc1)c1ccc(-c2ccccn2)cc1)C(C)(C)C. The molecule has 0 radical (unpaired) electrons. The first-order valence-electron chi connectivity index (χ1n) is 27.3. The number of ether oxygens (including phenoxy) is 1. The van der Waals surface area contributed by atoms with Crippen LogP contribution in [0.1, 0.15) is 95.5 Å². The fraction of sp³-hybridized carbons (Fsp3) is 0.397. The first kappa shape index (κ1) is 61.4. The summed E-state index contributed by atoms with van der Waals surface area (Å²) in [6, 6.07) is 42.3. The molecule has 1 aliphatic heterocycles. The van der Waals surface area contributed by atoms with Gasteiger partial charge in [-0.25, -0.2) is 14.2 Å². The first-order valence-corrected chi connectivity index (χ1v) is 28.8. The van der Waals surface area contributed by atoms with Gasteiger partial charge in [0.05, 0.1) is 42.9 Å². The molecule has 7 rings (SSSR count). The molecule has 430 valence electrons. The Kier molecular flexibility index (Phi) is 19.8. The van der Waals surface area contributed by atoms with Crippen LogP contribution in [0, 0.1) is 10.8 Å². The average molecular weight is 1120 g/mol. The Bertz CT molecular complexity index is 3050. The molecule has 1 fully saturated rings. The Hall–Kier alpha value is -7.27. The lowest BCUT2D eigenvalue weighted by atomic mass is 9.64. The van der Waals surface area contributed by atoms with Gasteiger partial charge in [0.1, 0.15) is 17.7 Å². The van der Waals surface area contributed by atoms with Crippen molar-refractivity contribution in [2.75, 3.05) is 20.2 Å². The van der Waals surface area contributed by atoms with Crippen molar-refractivity contribution in [1.29, 1.82) is 0 Å². The van der Waals surface area contributed by atoms with Crippen LogP contribution >= 0.6 is 7.82 Å². The van der Waals surface area contributed by atoms with Crippen molar-refractivity contribution in [1.82, 2.24) is 35.7 Å². The van der Waals surface area contributed by atoms with Crippen LogP contribution in [0.3, 0.4) is 0 Å². The van der Waals surface area contributed by atoms with Crippen LogP contribution in [-0.4, -0.2) is 109 Å². The maximum absolute atomic E-state index is 15.5. The number of aliphatic hydroxyl groups is 1. The molecule has 1 saturated heterocycles. The Morgan fingerprint density at radius 2 is 1.26 bits per heavy atom. The maximum atomic E-state index is 15.5. The molecule has 18 heteroatoms. The normalized spacial score (nSPS) is 15.3. The van der Waals surface area contributed by atoms with Crippen LogP contribution in [0.5, 0.6) is 0 Å². The van der Waals surface area contributed by atoms with Crippen LogP contribution in [0.2, 0.25) is 0 Å². The van der Waals surface area contributed by atoms with Crippen molar-refractivity contribution in [2.45, 2.75) is 129 Å². The van der Waals surface area contributed by atoms with Gasteiger partial charge in [0, 0.05) is 36.3 Å². The van der Waals surface area contributed by atoms with E-state index in [0.29, 0.717) is 17.0 Å². The topological polar surface area (TPSA) is 233 Å². The summed E-state index contributed by atoms with van der Waals surface area (Å²) in [4.78, 5) is 93.1. The molecule has 3 heterocycles. The number of hydrogen-bond acceptors (Lipinski definition) is 10. The number of pyridine rings is 2. The molecule has 5 amide bonds. The van der Waals surface area contributed by atoms with E-state index in [-0.39, 0.29) is 45.3 Å². The van der Waals surface area contributed by atoms with E-state index in [1.165, 1.54) is 12.0 Å². The minimum absolute atomic E-state index is 0.00425. The Balaban J connectivity index is 1.40. The highest BCUT2D eigenvalue weighted by atomic mass is 31.2. The predicted octanol–water partition coefficient (Wildman–Crippen LogP) is 9.30. The molecule has 5 atom stereocenters. The van der Waals surface area contributed by atoms with Crippen LogP contribution < -0.4 is 16.0 Å². The summed E-state index contributed by atoms with van der Waals surface area (Å²) in [5.41, 5.74) is 1.53. The zero-order valence-corrected chi connectivity index (χ0v) is 48.7. The van der Waals surface area contributed by atoms with E-state index >= 15 is 9.59 Å². The fourth-order valence-electron chi connectivity index (χ4n) is 10.9. The highest BCUT2D eigenvalue weighted by molar-refractivity contribution is 7.46. The third kappa shape index (κ3) is 16.4. The lowest BCUT2D eigenvalue weighted by Gasteiger charge is -2.46. The fourth-order valence-corrected chi connectivity index (χ4v) is 11.4. The number of urea groups is 1. The second kappa shape index (κ2) is 26.1. The standard InChI is InChI=1S/C63H78N7O10P/c1-60(2,3)54(68-58(73)79-9)56(71)67-53(63(40-44-24-15-11-16-25-44,41-45-26-17-12-18-27-45)47-33-31-46(32-34-47)49-29-19-20-35-64-49)39-51(80-81(76,77)78)50(38-43-22-13-10-14-23-43)66-57(72)55(61(4,5)6)70-37-36-69(59(70)74)42-48-28-21-30-52(65-48)62(7,8)75/h10-35,50-51,53-55,75H,36-42H2,1-9H3,(H,66,72)(H,67,71)(H,68,73)(H2,76,77,78)/t50?,51?,53?,54-,55?/m1/s1. The minimum atomic E-state index is -5.46. The third-order valence-corrected chi connectivity index (χ3v) is 15.4. The number of nitrogens with zero attached hydrogens (tertiary/aromatic N) is 4. The molecule has 0 saturated carbocycles. The van der Waals surface area contributed by atoms with Crippen molar-refractivity contribution in [3.8, 4) is 11.3 Å². The van der Waals surface area contributed by atoms with Gasteiger partial charge in [-0.15, -0.1) is 0 Å². The number of methoxy groups -OCH3 is 1. The van der Waals surface area contributed by atoms with Crippen molar-refractivity contribution >= 4 is 31.8 Å². The van der Waals surface area contributed by atoms with Crippen LogP contribution in [0.4, 0.5) is 9.59 Å². The van der Waals surface area contributed by atoms with Crippen molar-refractivity contribution in [3.63, 3.8) is 0 Å². The number of carbonyl (C=O) groups excluding carboxylic acids is 4. The van der Waals surface area contributed by atoms with E-state index in [2.05, 4.69) is 25.9 Å². The summed E-state index contributed by atoms with van der Waals surface area (Å²) in [5, 5.41) is 20.0. The van der Waals surface area contributed by atoms with Crippen LogP contribution in [-0.2, 0) is 60.2 Å². The molecule has 17 nitrogen and oxygen atoms in total. The number of benzene rings is 4. The van der Waals surface area contributed by atoms with Gasteiger partial charge < -0.3 is 45.4 Å². The molecule has 0 spiro atoms. The Morgan fingerprint density at radius 3 is 1.78 bits per heavy atom. The summed E-state index contributed by atoms with van der Waals surface area (Å²) >= 11 is 0. The Morgan fingerprint density at radius 1 is 0.679 bits per heavy atom. The van der Waals surface area contributed by atoms with Crippen LogP contribution in [0.25, 0.3) is 11.3 Å². The number of aromatic nitrogens is 2. The van der Waals surface area contributed by atoms with E-state index in [0.717, 1.165) is 27.9 Å². The van der Waals surface area contributed by atoms with Gasteiger partial charge >= 0.3 is 19.9 Å². The number of phosphoric acid groups is 1. The summed E-state index contributed by atoms with van der Waals surface area (Å²) in [7, 11) is -4.26.